The predicted molar refractivity (Wildman–Crippen MR) is 75.6 cm³/mol. The maximum absolute atomic E-state index is 14.2. The van der Waals surface area contributed by atoms with Gasteiger partial charge in [0.1, 0.15) is 0 Å². The van der Waals surface area contributed by atoms with Crippen molar-refractivity contribution < 1.29 is 19.0 Å². The van der Waals surface area contributed by atoms with Crippen LogP contribution in [0.5, 0.6) is 0 Å². The molecule has 1 aromatic carbocycles. The molecule has 1 saturated heterocycles. The van der Waals surface area contributed by atoms with Gasteiger partial charge in [0.2, 0.25) is 0 Å². The van der Waals surface area contributed by atoms with Gasteiger partial charge in [0.05, 0.1) is 27.9 Å². The van der Waals surface area contributed by atoms with Crippen LogP contribution < -0.4 is 5.32 Å². The minimum atomic E-state index is -1.15. The molecule has 4 nitrogen and oxygen atoms in total. The molecule has 1 aromatic rings. The summed E-state index contributed by atoms with van der Waals surface area (Å²) in [5.74, 6) is -1.13. The van der Waals surface area contributed by atoms with E-state index in [0.717, 1.165) is 6.42 Å². The second kappa shape index (κ2) is 5.33. The zero-order valence-corrected chi connectivity index (χ0v) is 12.3. The molecule has 1 aliphatic heterocycles. The number of halogens is 2. The van der Waals surface area contributed by atoms with Crippen molar-refractivity contribution in [2.24, 2.45) is 5.92 Å². The van der Waals surface area contributed by atoms with Crippen LogP contribution in [0, 0.1) is 11.7 Å². The van der Waals surface area contributed by atoms with Gasteiger partial charge < -0.3 is 15.2 Å². The molecule has 0 radical (unpaired) electrons. The number of carboxylic acids is 1. The SMILES string of the molecule is O=C(O)c1ccc(NC2CCOC2C2CC2)c(F)c1Br. The summed E-state index contributed by atoms with van der Waals surface area (Å²) < 4.78 is 19.9. The molecule has 2 aliphatic rings. The van der Waals surface area contributed by atoms with E-state index in [4.69, 9.17) is 9.84 Å². The van der Waals surface area contributed by atoms with Gasteiger partial charge >= 0.3 is 5.97 Å². The molecule has 1 saturated carbocycles. The Hall–Kier alpha value is -1.14. The fraction of sp³-hybridized carbons (Fsp3) is 0.500. The second-order valence-electron chi connectivity index (χ2n) is 5.31. The van der Waals surface area contributed by atoms with E-state index in [9.17, 15) is 9.18 Å². The number of anilines is 1. The lowest BCUT2D eigenvalue weighted by molar-refractivity contribution is 0.0695. The molecule has 0 amide bonds. The lowest BCUT2D eigenvalue weighted by Crippen LogP contribution is -2.31. The summed E-state index contributed by atoms with van der Waals surface area (Å²) in [7, 11) is 0. The third-order valence-electron chi connectivity index (χ3n) is 3.88. The molecule has 2 fully saturated rings. The van der Waals surface area contributed by atoms with Crippen molar-refractivity contribution in [2.75, 3.05) is 11.9 Å². The monoisotopic (exact) mass is 343 g/mol. The number of hydrogen-bond acceptors (Lipinski definition) is 3. The van der Waals surface area contributed by atoms with Gasteiger partial charge in [-0.25, -0.2) is 9.18 Å². The molecular formula is C14H15BrFNO3. The highest BCUT2D eigenvalue weighted by atomic mass is 79.9. The number of hydrogen-bond donors (Lipinski definition) is 2. The maximum Gasteiger partial charge on any atom is 0.336 e. The van der Waals surface area contributed by atoms with Gasteiger partial charge in [0, 0.05) is 6.61 Å². The minimum Gasteiger partial charge on any atom is -0.478 e. The number of nitrogens with one attached hydrogen (secondary N) is 1. The van der Waals surface area contributed by atoms with Crippen molar-refractivity contribution in [2.45, 2.75) is 31.4 Å². The number of aromatic carboxylic acids is 1. The highest BCUT2D eigenvalue weighted by molar-refractivity contribution is 9.10. The molecule has 0 spiro atoms. The van der Waals surface area contributed by atoms with Gasteiger partial charge in [-0.05, 0) is 53.2 Å². The molecule has 20 heavy (non-hydrogen) atoms. The van der Waals surface area contributed by atoms with Crippen LogP contribution in [0.25, 0.3) is 0 Å². The van der Waals surface area contributed by atoms with E-state index in [0.29, 0.717) is 18.2 Å². The van der Waals surface area contributed by atoms with Crippen LogP contribution in [0.15, 0.2) is 16.6 Å². The van der Waals surface area contributed by atoms with Crippen LogP contribution >= 0.6 is 15.9 Å². The van der Waals surface area contributed by atoms with Crippen LogP contribution in [0.3, 0.4) is 0 Å². The number of benzene rings is 1. The average molecular weight is 344 g/mol. The fourth-order valence-electron chi connectivity index (χ4n) is 2.68. The highest BCUT2D eigenvalue weighted by Gasteiger charge is 2.40. The summed E-state index contributed by atoms with van der Waals surface area (Å²) in [6, 6.07) is 2.98. The lowest BCUT2D eigenvalue weighted by atomic mass is 10.1. The first-order valence-electron chi connectivity index (χ1n) is 6.67. The lowest BCUT2D eigenvalue weighted by Gasteiger charge is -2.21. The first-order valence-corrected chi connectivity index (χ1v) is 7.46. The smallest absolute Gasteiger partial charge is 0.336 e. The largest absolute Gasteiger partial charge is 0.478 e. The van der Waals surface area contributed by atoms with Crippen molar-refractivity contribution >= 4 is 27.6 Å². The topological polar surface area (TPSA) is 58.6 Å². The first-order chi connectivity index (χ1) is 9.58. The molecule has 1 aliphatic carbocycles. The summed E-state index contributed by atoms with van der Waals surface area (Å²) >= 11 is 3.01. The van der Waals surface area contributed by atoms with Gasteiger partial charge in [-0.15, -0.1) is 0 Å². The van der Waals surface area contributed by atoms with Crippen LogP contribution in [0.2, 0.25) is 0 Å². The third kappa shape index (κ3) is 2.54. The van der Waals surface area contributed by atoms with Crippen LogP contribution in [0.1, 0.15) is 29.6 Å². The van der Waals surface area contributed by atoms with Crippen molar-refractivity contribution in [3.63, 3.8) is 0 Å². The molecule has 6 heteroatoms. The van der Waals surface area contributed by atoms with Crippen molar-refractivity contribution in [3.05, 3.63) is 28.0 Å². The van der Waals surface area contributed by atoms with E-state index in [1.807, 2.05) is 0 Å². The van der Waals surface area contributed by atoms with E-state index in [2.05, 4.69) is 21.2 Å². The van der Waals surface area contributed by atoms with Crippen LogP contribution in [-0.4, -0.2) is 29.8 Å². The molecule has 0 bridgehead atoms. The van der Waals surface area contributed by atoms with E-state index in [1.165, 1.54) is 25.0 Å². The third-order valence-corrected chi connectivity index (χ3v) is 4.65. The summed E-state index contributed by atoms with van der Waals surface area (Å²) in [5, 5.41) is 12.1. The Morgan fingerprint density at radius 1 is 1.40 bits per heavy atom. The Bertz CT molecular complexity index is 547. The Balaban J connectivity index is 1.80. The van der Waals surface area contributed by atoms with Crippen molar-refractivity contribution in [1.82, 2.24) is 0 Å². The number of carboxylic acid groups (broad SMARTS) is 1. The molecule has 2 unspecified atom stereocenters. The molecule has 108 valence electrons. The predicted octanol–water partition coefficient (Wildman–Crippen LogP) is 3.27. The summed E-state index contributed by atoms with van der Waals surface area (Å²) in [5.41, 5.74) is 0.248. The normalized spacial score (nSPS) is 25.7. The summed E-state index contributed by atoms with van der Waals surface area (Å²) in [6.07, 6.45) is 3.34. The van der Waals surface area contributed by atoms with E-state index < -0.39 is 11.8 Å². The maximum atomic E-state index is 14.2. The zero-order valence-electron chi connectivity index (χ0n) is 10.7. The van der Waals surface area contributed by atoms with Crippen molar-refractivity contribution in [1.29, 1.82) is 0 Å². The Kier molecular flexibility index (Phi) is 3.69. The Labute approximate surface area is 124 Å². The van der Waals surface area contributed by atoms with Crippen LogP contribution in [-0.2, 0) is 4.74 Å². The van der Waals surface area contributed by atoms with E-state index in [-0.39, 0.29) is 22.2 Å². The van der Waals surface area contributed by atoms with Gasteiger partial charge in [-0.2, -0.15) is 0 Å². The number of ether oxygens (including phenoxy) is 1. The Morgan fingerprint density at radius 3 is 2.80 bits per heavy atom. The molecular weight excluding hydrogens is 329 g/mol. The van der Waals surface area contributed by atoms with E-state index in [1.54, 1.807) is 0 Å². The van der Waals surface area contributed by atoms with Crippen molar-refractivity contribution in [3.8, 4) is 0 Å². The van der Waals surface area contributed by atoms with Crippen LogP contribution in [0.4, 0.5) is 10.1 Å². The number of rotatable bonds is 4. The molecule has 1 heterocycles. The number of carbonyl (C=O) groups is 1. The van der Waals surface area contributed by atoms with Gasteiger partial charge in [0.25, 0.3) is 0 Å². The van der Waals surface area contributed by atoms with E-state index >= 15 is 0 Å². The fourth-order valence-corrected chi connectivity index (χ4v) is 3.20. The molecule has 2 N–H and O–H groups in total. The summed E-state index contributed by atoms with van der Waals surface area (Å²) in [4.78, 5) is 10.9. The average Bonchev–Trinajstić information content (AvgIpc) is 3.15. The second-order valence-corrected chi connectivity index (χ2v) is 6.10. The molecule has 0 aromatic heterocycles. The summed E-state index contributed by atoms with van der Waals surface area (Å²) in [6.45, 7) is 0.689. The van der Waals surface area contributed by atoms with Gasteiger partial charge in [-0.1, -0.05) is 0 Å². The van der Waals surface area contributed by atoms with Gasteiger partial charge in [-0.3, -0.25) is 0 Å². The Morgan fingerprint density at radius 2 is 2.15 bits per heavy atom. The quantitative estimate of drug-likeness (QED) is 0.880. The highest BCUT2D eigenvalue weighted by Crippen LogP contribution is 2.40. The molecule has 3 rings (SSSR count). The first kappa shape index (κ1) is 13.8. The standard InChI is InChI=1S/C14H15BrFNO3/c15-11-8(14(18)19)3-4-9(12(11)16)17-10-5-6-20-13(10)7-1-2-7/h3-4,7,10,13,17H,1-2,5-6H2,(H,18,19). The zero-order chi connectivity index (χ0) is 14.3. The molecule has 2 atom stereocenters. The minimum absolute atomic E-state index is 0.0168. The van der Waals surface area contributed by atoms with Gasteiger partial charge in [0.15, 0.2) is 5.82 Å².